The zero-order chi connectivity index (χ0) is 19.6. The van der Waals surface area contributed by atoms with Crippen LogP contribution in [0.5, 0.6) is 0 Å². The Morgan fingerprint density at radius 1 is 1.11 bits per heavy atom. The highest BCUT2D eigenvalue weighted by atomic mass is 35.5. The van der Waals surface area contributed by atoms with Crippen LogP contribution in [0.2, 0.25) is 5.02 Å². The molecule has 0 spiro atoms. The van der Waals surface area contributed by atoms with Gasteiger partial charge in [-0.05, 0) is 54.6 Å². The van der Waals surface area contributed by atoms with E-state index in [2.05, 4.69) is 10.4 Å². The van der Waals surface area contributed by atoms with Gasteiger partial charge >= 0.3 is 6.18 Å². The van der Waals surface area contributed by atoms with Crippen LogP contribution < -0.4 is 5.32 Å². The molecule has 0 bridgehead atoms. The van der Waals surface area contributed by atoms with Crippen molar-refractivity contribution in [3.8, 4) is 5.69 Å². The monoisotopic (exact) mass is 395 g/mol. The van der Waals surface area contributed by atoms with E-state index in [-0.39, 0.29) is 11.6 Å². The third-order valence-electron chi connectivity index (χ3n) is 3.71. The Hall–Kier alpha value is -2.84. The summed E-state index contributed by atoms with van der Waals surface area (Å²) in [6.07, 6.45) is -4.61. The van der Waals surface area contributed by atoms with Gasteiger partial charge in [0.2, 0.25) is 0 Å². The van der Waals surface area contributed by atoms with Gasteiger partial charge in [-0.3, -0.25) is 4.79 Å². The van der Waals surface area contributed by atoms with Gasteiger partial charge in [0.15, 0.2) is 5.69 Å². The first kappa shape index (κ1) is 18.9. The minimum atomic E-state index is -4.61. The predicted molar refractivity (Wildman–Crippen MR) is 93.9 cm³/mol. The molecule has 5 nitrogen and oxygen atoms in total. The largest absolute Gasteiger partial charge is 0.435 e. The second kappa shape index (κ2) is 7.42. The Bertz CT molecular complexity index is 951. The van der Waals surface area contributed by atoms with E-state index in [0.717, 1.165) is 10.7 Å². The highest BCUT2D eigenvalue weighted by Crippen LogP contribution is 2.29. The SMILES string of the molecule is O=C(Nc1ccc(-n2nc(C(F)(F)F)cc2CO)cc1)c1ccc(Cl)cc1. The molecule has 140 valence electrons. The fraction of sp³-hybridized carbons (Fsp3) is 0.111. The fourth-order valence-electron chi connectivity index (χ4n) is 2.38. The number of aromatic nitrogens is 2. The van der Waals surface area contributed by atoms with Crippen LogP contribution in [0.3, 0.4) is 0 Å². The summed E-state index contributed by atoms with van der Waals surface area (Å²) in [5, 5.41) is 16.0. The van der Waals surface area contributed by atoms with Crippen molar-refractivity contribution >= 4 is 23.2 Å². The first-order chi connectivity index (χ1) is 12.8. The topological polar surface area (TPSA) is 67.2 Å². The van der Waals surface area contributed by atoms with E-state index in [1.54, 1.807) is 24.3 Å². The number of carbonyl (C=O) groups is 1. The molecule has 3 rings (SSSR count). The van der Waals surface area contributed by atoms with E-state index in [1.807, 2.05) is 0 Å². The van der Waals surface area contributed by atoms with Gasteiger partial charge in [-0.15, -0.1) is 0 Å². The highest BCUT2D eigenvalue weighted by Gasteiger charge is 2.35. The van der Waals surface area contributed by atoms with Gasteiger partial charge in [0.1, 0.15) is 0 Å². The van der Waals surface area contributed by atoms with Crippen LogP contribution in [0, 0.1) is 0 Å². The van der Waals surface area contributed by atoms with Crippen LogP contribution in [0.1, 0.15) is 21.7 Å². The summed E-state index contributed by atoms with van der Waals surface area (Å²) in [5.74, 6) is -0.353. The molecule has 0 fully saturated rings. The second-order valence-electron chi connectivity index (χ2n) is 5.60. The van der Waals surface area contributed by atoms with E-state index in [9.17, 15) is 23.1 Å². The molecule has 3 aromatic rings. The molecule has 0 unspecified atom stereocenters. The predicted octanol–water partition coefficient (Wildman–Crippen LogP) is 4.29. The lowest BCUT2D eigenvalue weighted by atomic mass is 10.2. The van der Waals surface area contributed by atoms with Gasteiger partial charge in [-0.1, -0.05) is 11.6 Å². The number of anilines is 1. The maximum Gasteiger partial charge on any atom is 0.435 e. The number of hydrogen-bond donors (Lipinski definition) is 2. The number of aliphatic hydroxyl groups is 1. The van der Waals surface area contributed by atoms with Crippen molar-refractivity contribution in [2.45, 2.75) is 12.8 Å². The number of nitrogens with zero attached hydrogens (tertiary/aromatic N) is 2. The normalized spacial score (nSPS) is 11.4. The summed E-state index contributed by atoms with van der Waals surface area (Å²) < 4.78 is 39.4. The van der Waals surface area contributed by atoms with Crippen molar-refractivity contribution in [3.63, 3.8) is 0 Å². The lowest BCUT2D eigenvalue weighted by Crippen LogP contribution is -2.12. The third kappa shape index (κ3) is 4.29. The van der Waals surface area contributed by atoms with Gasteiger partial charge in [-0.2, -0.15) is 18.3 Å². The Morgan fingerprint density at radius 2 is 1.74 bits per heavy atom. The molecule has 0 aliphatic rings. The van der Waals surface area contributed by atoms with Crippen LogP contribution in [0.15, 0.2) is 54.6 Å². The van der Waals surface area contributed by atoms with Crippen molar-refractivity contribution in [1.82, 2.24) is 9.78 Å². The van der Waals surface area contributed by atoms with Crippen molar-refractivity contribution in [2.75, 3.05) is 5.32 Å². The lowest BCUT2D eigenvalue weighted by molar-refractivity contribution is -0.141. The van der Waals surface area contributed by atoms with Gasteiger partial charge in [-0.25, -0.2) is 4.68 Å². The Labute approximate surface area is 157 Å². The Morgan fingerprint density at radius 3 is 2.30 bits per heavy atom. The van der Waals surface area contributed by atoms with Crippen molar-refractivity contribution in [2.24, 2.45) is 0 Å². The summed E-state index contributed by atoms with van der Waals surface area (Å²) in [6.45, 7) is -0.599. The van der Waals surface area contributed by atoms with E-state index in [0.29, 0.717) is 22.0 Å². The number of hydrogen-bond acceptors (Lipinski definition) is 3. The minimum Gasteiger partial charge on any atom is -0.390 e. The van der Waals surface area contributed by atoms with Gasteiger partial charge < -0.3 is 10.4 Å². The Kier molecular flexibility index (Phi) is 5.20. The molecule has 0 aliphatic carbocycles. The van der Waals surface area contributed by atoms with Gasteiger partial charge in [0, 0.05) is 16.3 Å². The van der Waals surface area contributed by atoms with E-state index in [4.69, 9.17) is 11.6 Å². The van der Waals surface area contributed by atoms with Gasteiger partial charge in [0.05, 0.1) is 18.0 Å². The molecule has 2 aromatic carbocycles. The van der Waals surface area contributed by atoms with Gasteiger partial charge in [0.25, 0.3) is 5.91 Å². The molecule has 0 atom stereocenters. The maximum atomic E-state index is 12.8. The average molecular weight is 396 g/mol. The molecule has 2 N–H and O–H groups in total. The molecule has 0 aliphatic heterocycles. The molecule has 0 radical (unpaired) electrons. The van der Waals surface area contributed by atoms with Crippen LogP contribution in [0.25, 0.3) is 5.69 Å². The average Bonchev–Trinajstić information content (AvgIpc) is 3.07. The number of nitrogens with one attached hydrogen (secondary N) is 1. The number of rotatable bonds is 4. The van der Waals surface area contributed by atoms with E-state index in [1.165, 1.54) is 24.3 Å². The minimum absolute atomic E-state index is 0.000254. The summed E-state index contributed by atoms with van der Waals surface area (Å²) in [5.41, 5.74) is 0.0892. The molecule has 1 heterocycles. The molecular formula is C18H13ClF3N3O2. The quantitative estimate of drug-likeness (QED) is 0.692. The molecule has 1 amide bonds. The lowest BCUT2D eigenvalue weighted by Gasteiger charge is -2.09. The summed E-state index contributed by atoms with van der Waals surface area (Å²) in [4.78, 5) is 12.2. The second-order valence-corrected chi connectivity index (χ2v) is 6.03. The molecule has 0 saturated carbocycles. The highest BCUT2D eigenvalue weighted by molar-refractivity contribution is 6.30. The molecule has 0 saturated heterocycles. The zero-order valence-corrected chi connectivity index (χ0v) is 14.4. The van der Waals surface area contributed by atoms with Crippen LogP contribution in [-0.2, 0) is 12.8 Å². The number of carbonyl (C=O) groups excluding carboxylic acids is 1. The van der Waals surface area contributed by atoms with Crippen molar-refractivity contribution in [1.29, 1.82) is 0 Å². The fourth-order valence-corrected chi connectivity index (χ4v) is 2.51. The van der Waals surface area contributed by atoms with E-state index >= 15 is 0 Å². The number of alkyl halides is 3. The smallest absolute Gasteiger partial charge is 0.390 e. The van der Waals surface area contributed by atoms with Crippen LogP contribution >= 0.6 is 11.6 Å². The Balaban J connectivity index is 1.80. The van der Waals surface area contributed by atoms with Crippen LogP contribution in [-0.4, -0.2) is 20.8 Å². The number of aliphatic hydroxyl groups excluding tert-OH is 1. The maximum absolute atomic E-state index is 12.8. The van der Waals surface area contributed by atoms with Crippen molar-refractivity contribution in [3.05, 3.63) is 76.6 Å². The zero-order valence-electron chi connectivity index (χ0n) is 13.7. The number of benzene rings is 2. The first-order valence-electron chi connectivity index (χ1n) is 7.72. The molecular weight excluding hydrogens is 383 g/mol. The third-order valence-corrected chi connectivity index (χ3v) is 3.96. The molecule has 27 heavy (non-hydrogen) atoms. The number of amides is 1. The van der Waals surface area contributed by atoms with Crippen molar-refractivity contribution < 1.29 is 23.1 Å². The summed E-state index contributed by atoms with van der Waals surface area (Å²) >= 11 is 5.78. The standard InChI is InChI=1S/C18H13ClF3N3O2/c19-12-3-1-11(2-4-12)17(27)23-13-5-7-14(8-6-13)25-15(10-26)9-16(24-25)18(20,21)22/h1-9,26H,10H2,(H,23,27). The molecule has 1 aromatic heterocycles. The van der Waals surface area contributed by atoms with E-state index < -0.39 is 18.5 Å². The number of halogens is 4. The van der Waals surface area contributed by atoms with Crippen LogP contribution in [0.4, 0.5) is 18.9 Å². The summed E-state index contributed by atoms with van der Waals surface area (Å²) in [6, 6.07) is 13.1. The first-order valence-corrected chi connectivity index (χ1v) is 8.10. The molecule has 9 heteroatoms. The summed E-state index contributed by atoms with van der Waals surface area (Å²) in [7, 11) is 0.